The van der Waals surface area contributed by atoms with Crippen LogP contribution in [-0.2, 0) is 4.79 Å². The van der Waals surface area contributed by atoms with Gasteiger partial charge < -0.3 is 4.74 Å². The first-order chi connectivity index (χ1) is 10.0. The number of thiophene rings is 1. The van der Waals surface area contributed by atoms with Gasteiger partial charge in [-0.05, 0) is 55.5 Å². The molecule has 21 heavy (non-hydrogen) atoms. The van der Waals surface area contributed by atoms with Gasteiger partial charge in [0.15, 0.2) is 6.10 Å². The lowest BCUT2D eigenvalue weighted by molar-refractivity contribution is -0.127. The number of benzene rings is 1. The lowest BCUT2D eigenvalue weighted by atomic mass is 10.1. The van der Waals surface area contributed by atoms with E-state index in [1.54, 1.807) is 24.5 Å². The summed E-state index contributed by atoms with van der Waals surface area (Å²) < 4.78 is 5.64. The number of nitrogens with one attached hydrogen (secondary N) is 1. The SMILES string of the molecule is Cc1cc(C)cc(OC(C)C(=O)NN=Cc2cccs2)c1. The first kappa shape index (κ1) is 15.3. The summed E-state index contributed by atoms with van der Waals surface area (Å²) >= 11 is 1.56. The van der Waals surface area contributed by atoms with E-state index in [9.17, 15) is 4.79 Å². The second-order valence-electron chi connectivity index (χ2n) is 4.83. The molecule has 1 aromatic carbocycles. The summed E-state index contributed by atoms with van der Waals surface area (Å²) in [5, 5.41) is 5.87. The summed E-state index contributed by atoms with van der Waals surface area (Å²) in [6.45, 7) is 5.69. The number of ether oxygens (including phenoxy) is 1. The Bertz CT molecular complexity index is 615. The second-order valence-corrected chi connectivity index (χ2v) is 5.81. The lowest BCUT2D eigenvalue weighted by Crippen LogP contribution is -2.33. The molecule has 0 saturated carbocycles. The Morgan fingerprint density at radius 1 is 1.33 bits per heavy atom. The maximum atomic E-state index is 11.9. The number of hydrazone groups is 1. The molecule has 0 aliphatic rings. The van der Waals surface area contributed by atoms with Gasteiger partial charge in [0.25, 0.3) is 5.91 Å². The number of rotatable bonds is 5. The predicted octanol–water partition coefficient (Wildman–Crippen LogP) is 3.28. The molecular formula is C16H18N2O2S. The van der Waals surface area contributed by atoms with Crippen LogP contribution in [0.5, 0.6) is 5.75 Å². The number of nitrogens with zero attached hydrogens (tertiary/aromatic N) is 1. The minimum absolute atomic E-state index is 0.276. The van der Waals surface area contributed by atoms with Gasteiger partial charge in [-0.25, -0.2) is 5.43 Å². The van der Waals surface area contributed by atoms with Crippen molar-refractivity contribution in [3.8, 4) is 5.75 Å². The Kier molecular flexibility index (Phi) is 5.11. The standard InChI is InChI=1S/C16H18N2O2S/c1-11-7-12(2)9-14(8-11)20-13(3)16(19)18-17-10-15-5-4-6-21-15/h4-10,13H,1-3H3,(H,18,19). The van der Waals surface area contributed by atoms with Crippen LogP contribution in [0.2, 0.25) is 0 Å². The van der Waals surface area contributed by atoms with Gasteiger partial charge >= 0.3 is 0 Å². The fourth-order valence-corrected chi connectivity index (χ4v) is 2.46. The molecule has 1 atom stereocenters. The fraction of sp³-hybridized carbons (Fsp3) is 0.250. The van der Waals surface area contributed by atoms with Gasteiger partial charge in [-0.2, -0.15) is 5.10 Å². The lowest BCUT2D eigenvalue weighted by Gasteiger charge is -2.14. The van der Waals surface area contributed by atoms with Crippen LogP contribution in [0.3, 0.4) is 0 Å². The quantitative estimate of drug-likeness (QED) is 0.680. The van der Waals surface area contributed by atoms with Crippen molar-refractivity contribution in [1.82, 2.24) is 5.43 Å². The third kappa shape index (κ3) is 4.72. The van der Waals surface area contributed by atoms with E-state index in [0.717, 1.165) is 16.0 Å². The van der Waals surface area contributed by atoms with Crippen molar-refractivity contribution in [2.45, 2.75) is 26.9 Å². The third-order valence-electron chi connectivity index (χ3n) is 2.79. The number of hydrogen-bond donors (Lipinski definition) is 1. The number of amides is 1. The van der Waals surface area contributed by atoms with Gasteiger partial charge in [0, 0.05) is 4.88 Å². The van der Waals surface area contributed by atoms with Crippen LogP contribution in [0.15, 0.2) is 40.8 Å². The highest BCUT2D eigenvalue weighted by atomic mass is 32.1. The number of hydrogen-bond acceptors (Lipinski definition) is 4. The zero-order valence-corrected chi connectivity index (χ0v) is 13.1. The van der Waals surface area contributed by atoms with Crippen LogP contribution in [0.1, 0.15) is 22.9 Å². The topological polar surface area (TPSA) is 50.7 Å². The molecule has 110 valence electrons. The zero-order chi connectivity index (χ0) is 15.2. The number of aryl methyl sites for hydroxylation is 2. The van der Waals surface area contributed by atoms with E-state index < -0.39 is 6.10 Å². The maximum Gasteiger partial charge on any atom is 0.280 e. The van der Waals surface area contributed by atoms with Crippen molar-refractivity contribution in [3.05, 3.63) is 51.7 Å². The van der Waals surface area contributed by atoms with E-state index >= 15 is 0 Å². The van der Waals surface area contributed by atoms with Crippen molar-refractivity contribution in [2.24, 2.45) is 5.10 Å². The Labute approximate surface area is 128 Å². The number of carbonyl (C=O) groups excluding carboxylic acids is 1. The molecule has 0 spiro atoms. The third-order valence-corrected chi connectivity index (χ3v) is 3.59. The molecule has 0 aliphatic heterocycles. The first-order valence-electron chi connectivity index (χ1n) is 6.66. The molecule has 0 fully saturated rings. The molecule has 1 unspecified atom stereocenters. The molecule has 4 nitrogen and oxygen atoms in total. The van der Waals surface area contributed by atoms with Crippen LogP contribution in [0.4, 0.5) is 0 Å². The van der Waals surface area contributed by atoms with Crippen LogP contribution in [0, 0.1) is 13.8 Å². The summed E-state index contributed by atoms with van der Waals surface area (Å²) in [5.41, 5.74) is 4.69. The summed E-state index contributed by atoms with van der Waals surface area (Å²) in [6.07, 6.45) is 1.01. The molecule has 2 aromatic rings. The average Bonchev–Trinajstić information content (AvgIpc) is 2.90. The normalized spacial score (nSPS) is 12.3. The van der Waals surface area contributed by atoms with Gasteiger partial charge in [-0.3, -0.25) is 4.79 Å². The Morgan fingerprint density at radius 3 is 2.67 bits per heavy atom. The van der Waals surface area contributed by atoms with Gasteiger partial charge in [0.05, 0.1) is 6.21 Å². The summed E-state index contributed by atoms with van der Waals surface area (Å²) in [4.78, 5) is 12.9. The minimum atomic E-state index is -0.605. The maximum absolute atomic E-state index is 11.9. The molecule has 2 rings (SSSR count). The Hall–Kier alpha value is -2.14. The zero-order valence-electron chi connectivity index (χ0n) is 12.3. The van der Waals surface area contributed by atoms with E-state index in [1.807, 2.05) is 43.5 Å². The Morgan fingerprint density at radius 2 is 2.05 bits per heavy atom. The van der Waals surface area contributed by atoms with Gasteiger partial charge in [0.1, 0.15) is 5.75 Å². The summed E-state index contributed by atoms with van der Waals surface area (Å²) in [5.74, 6) is 0.416. The molecule has 1 heterocycles. The fourth-order valence-electron chi connectivity index (χ4n) is 1.87. The molecule has 0 saturated heterocycles. The molecule has 1 amide bonds. The molecule has 0 aliphatic carbocycles. The van der Waals surface area contributed by atoms with E-state index in [1.165, 1.54) is 0 Å². The summed E-state index contributed by atoms with van der Waals surface area (Å²) in [6, 6.07) is 9.73. The molecule has 1 aromatic heterocycles. The molecule has 5 heteroatoms. The van der Waals surface area contributed by atoms with E-state index in [2.05, 4.69) is 16.6 Å². The highest BCUT2D eigenvalue weighted by molar-refractivity contribution is 7.11. The first-order valence-corrected chi connectivity index (χ1v) is 7.54. The largest absolute Gasteiger partial charge is 0.481 e. The van der Waals surface area contributed by atoms with Gasteiger partial charge in [-0.1, -0.05) is 12.1 Å². The van der Waals surface area contributed by atoms with Crippen LogP contribution < -0.4 is 10.2 Å². The number of carbonyl (C=O) groups is 1. The molecular weight excluding hydrogens is 284 g/mol. The molecule has 0 radical (unpaired) electrons. The Balaban J connectivity index is 1.90. The van der Waals surface area contributed by atoms with E-state index in [0.29, 0.717) is 5.75 Å². The van der Waals surface area contributed by atoms with Crippen molar-refractivity contribution >= 4 is 23.5 Å². The average molecular weight is 302 g/mol. The summed E-state index contributed by atoms with van der Waals surface area (Å²) in [7, 11) is 0. The highest BCUT2D eigenvalue weighted by Gasteiger charge is 2.14. The van der Waals surface area contributed by atoms with Crippen molar-refractivity contribution in [3.63, 3.8) is 0 Å². The smallest absolute Gasteiger partial charge is 0.280 e. The molecule has 0 bridgehead atoms. The van der Waals surface area contributed by atoms with Crippen LogP contribution in [0.25, 0.3) is 0 Å². The van der Waals surface area contributed by atoms with E-state index in [-0.39, 0.29) is 5.91 Å². The minimum Gasteiger partial charge on any atom is -0.481 e. The van der Waals surface area contributed by atoms with Crippen LogP contribution in [-0.4, -0.2) is 18.2 Å². The highest BCUT2D eigenvalue weighted by Crippen LogP contribution is 2.17. The van der Waals surface area contributed by atoms with Crippen molar-refractivity contribution < 1.29 is 9.53 Å². The second kappa shape index (κ2) is 7.04. The molecule has 1 N–H and O–H groups in total. The predicted molar refractivity (Wildman–Crippen MR) is 86.1 cm³/mol. The van der Waals surface area contributed by atoms with Crippen LogP contribution >= 0.6 is 11.3 Å². The van der Waals surface area contributed by atoms with Crippen molar-refractivity contribution in [2.75, 3.05) is 0 Å². The van der Waals surface area contributed by atoms with Crippen molar-refractivity contribution in [1.29, 1.82) is 0 Å². The van der Waals surface area contributed by atoms with Gasteiger partial charge in [0.2, 0.25) is 0 Å². The monoisotopic (exact) mass is 302 g/mol. The van der Waals surface area contributed by atoms with E-state index in [4.69, 9.17) is 4.74 Å². The van der Waals surface area contributed by atoms with Gasteiger partial charge in [-0.15, -0.1) is 11.3 Å².